The highest BCUT2D eigenvalue weighted by Crippen LogP contribution is 2.29. The number of benzene rings is 2. The van der Waals surface area contributed by atoms with E-state index >= 15 is 0 Å². The minimum Gasteiger partial charge on any atom is -0.436 e. The van der Waals surface area contributed by atoms with Crippen LogP contribution in [-0.2, 0) is 7.05 Å². The van der Waals surface area contributed by atoms with Crippen molar-refractivity contribution in [1.29, 1.82) is 0 Å². The third-order valence-corrected chi connectivity index (χ3v) is 3.96. The Balaban J connectivity index is 2.08. The number of oxazole rings is 1. The number of aryl methyl sites for hydroxylation is 2. The molecule has 0 aliphatic carbocycles. The highest BCUT2D eigenvalue weighted by atomic mass is 16.3. The molecule has 0 bridgehead atoms. The first-order valence-electron chi connectivity index (χ1n) is 6.98. The van der Waals surface area contributed by atoms with Crippen LogP contribution < -0.4 is 4.57 Å². The van der Waals surface area contributed by atoms with Gasteiger partial charge in [-0.05, 0) is 18.2 Å². The molecule has 0 N–H and O–H groups in total. The van der Waals surface area contributed by atoms with Crippen LogP contribution in [0.3, 0.4) is 0 Å². The van der Waals surface area contributed by atoms with E-state index in [4.69, 9.17) is 4.42 Å². The summed E-state index contributed by atoms with van der Waals surface area (Å²) in [5, 5.41) is 1.15. The van der Waals surface area contributed by atoms with Crippen LogP contribution in [0.15, 0.2) is 59.0 Å². The van der Waals surface area contributed by atoms with Gasteiger partial charge in [0.1, 0.15) is 12.6 Å². The van der Waals surface area contributed by atoms with Crippen LogP contribution in [0.1, 0.15) is 5.69 Å². The molecule has 0 radical (unpaired) electrons. The van der Waals surface area contributed by atoms with Gasteiger partial charge in [-0.1, -0.05) is 24.3 Å². The molecule has 2 heterocycles. The number of pyridine rings is 1. The Kier molecular flexibility index (Phi) is 2.54. The molecule has 0 aliphatic heterocycles. The molecule has 0 saturated heterocycles. The van der Waals surface area contributed by atoms with Gasteiger partial charge in [0.05, 0.1) is 10.9 Å². The molecule has 102 valence electrons. The number of nitrogens with zero attached hydrogens (tertiary/aromatic N) is 2. The van der Waals surface area contributed by atoms with Crippen LogP contribution >= 0.6 is 0 Å². The van der Waals surface area contributed by atoms with Crippen molar-refractivity contribution in [3.8, 4) is 11.5 Å². The fourth-order valence-corrected chi connectivity index (χ4v) is 2.73. The number of hydrogen-bond acceptors (Lipinski definition) is 2. The van der Waals surface area contributed by atoms with Gasteiger partial charge in [-0.15, -0.1) is 0 Å². The topological polar surface area (TPSA) is 29.9 Å². The van der Waals surface area contributed by atoms with Crippen LogP contribution in [0, 0.1) is 6.92 Å². The van der Waals surface area contributed by atoms with Gasteiger partial charge >= 0.3 is 0 Å². The molecule has 0 aliphatic rings. The summed E-state index contributed by atoms with van der Waals surface area (Å²) >= 11 is 0. The first-order valence-corrected chi connectivity index (χ1v) is 6.98. The maximum Gasteiger partial charge on any atom is 0.228 e. The highest BCUT2D eigenvalue weighted by Gasteiger charge is 2.17. The number of rotatable bonds is 1. The minimum atomic E-state index is 0.677. The second-order valence-electron chi connectivity index (χ2n) is 5.26. The zero-order chi connectivity index (χ0) is 14.4. The van der Waals surface area contributed by atoms with Gasteiger partial charge in [0.2, 0.25) is 11.4 Å². The summed E-state index contributed by atoms with van der Waals surface area (Å²) in [4.78, 5) is 4.63. The molecule has 0 fully saturated rings. The molecule has 2 aromatic carbocycles. The Morgan fingerprint density at radius 1 is 1.00 bits per heavy atom. The maximum atomic E-state index is 5.94. The largest absolute Gasteiger partial charge is 0.436 e. The molecule has 3 nitrogen and oxygen atoms in total. The van der Waals surface area contributed by atoms with Gasteiger partial charge < -0.3 is 4.42 Å². The summed E-state index contributed by atoms with van der Waals surface area (Å²) in [6, 6.07) is 18.3. The second-order valence-corrected chi connectivity index (χ2v) is 5.26. The normalized spacial score (nSPS) is 11.3. The van der Waals surface area contributed by atoms with Gasteiger partial charge in [-0.3, -0.25) is 0 Å². The molecule has 2 aromatic heterocycles. The van der Waals surface area contributed by atoms with E-state index in [0.717, 1.165) is 22.0 Å². The van der Waals surface area contributed by atoms with Gasteiger partial charge in [0.15, 0.2) is 11.3 Å². The smallest absolute Gasteiger partial charge is 0.228 e. The number of fused-ring (bicyclic) bond motifs is 2. The van der Waals surface area contributed by atoms with Gasteiger partial charge in [0, 0.05) is 19.1 Å². The Morgan fingerprint density at radius 3 is 2.62 bits per heavy atom. The summed E-state index contributed by atoms with van der Waals surface area (Å²) in [6.45, 7) is 2.10. The first-order chi connectivity index (χ1) is 10.2. The summed E-state index contributed by atoms with van der Waals surface area (Å²) in [5.41, 5.74) is 5.10. The Hall–Kier alpha value is -2.68. The van der Waals surface area contributed by atoms with Gasteiger partial charge in [0.25, 0.3) is 0 Å². The average Bonchev–Trinajstić information content (AvgIpc) is 2.94. The van der Waals surface area contributed by atoms with Gasteiger partial charge in [-0.25, -0.2) is 4.98 Å². The molecular formula is C18H15N2O+. The maximum absolute atomic E-state index is 5.94. The fourth-order valence-electron chi connectivity index (χ4n) is 2.73. The van der Waals surface area contributed by atoms with E-state index in [9.17, 15) is 0 Å². The third-order valence-electron chi connectivity index (χ3n) is 3.96. The van der Waals surface area contributed by atoms with Crippen molar-refractivity contribution in [2.24, 2.45) is 7.05 Å². The molecule has 3 heteroatoms. The van der Waals surface area contributed by atoms with E-state index in [2.05, 4.69) is 47.8 Å². The SMILES string of the molecule is Cc1cc(-c2nc3ccccc3o2)c2ccccc2[n+]1C. The standard InChI is InChI=1S/C18H15N2O/c1-12-11-14(13-7-3-5-9-16(13)20(12)2)18-19-15-8-4-6-10-17(15)21-18/h3-11H,1-2H3/q+1. The lowest BCUT2D eigenvalue weighted by Gasteiger charge is -2.04. The summed E-state index contributed by atoms with van der Waals surface area (Å²) in [5.74, 6) is 0.677. The molecular weight excluding hydrogens is 260 g/mol. The van der Waals surface area contributed by atoms with E-state index in [1.165, 1.54) is 11.2 Å². The summed E-state index contributed by atoms with van der Waals surface area (Å²) < 4.78 is 8.12. The molecule has 4 rings (SSSR count). The second kappa shape index (κ2) is 4.42. The molecule has 0 atom stereocenters. The lowest BCUT2D eigenvalue weighted by molar-refractivity contribution is -0.651. The van der Waals surface area contributed by atoms with Crippen molar-refractivity contribution >= 4 is 22.0 Å². The van der Waals surface area contributed by atoms with Crippen molar-refractivity contribution in [3.05, 3.63) is 60.3 Å². The van der Waals surface area contributed by atoms with Crippen LogP contribution in [0.2, 0.25) is 0 Å². The molecule has 0 unspecified atom stereocenters. The number of para-hydroxylation sites is 3. The zero-order valence-corrected chi connectivity index (χ0v) is 12.0. The first kappa shape index (κ1) is 12.1. The van der Waals surface area contributed by atoms with E-state index in [0.29, 0.717) is 5.89 Å². The summed E-state index contributed by atoms with van der Waals surface area (Å²) in [6.07, 6.45) is 0. The quantitative estimate of drug-likeness (QED) is 0.495. The number of hydrogen-bond donors (Lipinski definition) is 0. The van der Waals surface area contributed by atoms with Crippen molar-refractivity contribution in [3.63, 3.8) is 0 Å². The predicted octanol–water partition coefficient (Wildman–Crippen LogP) is 3.78. The Labute approximate surface area is 122 Å². The monoisotopic (exact) mass is 275 g/mol. The molecule has 0 spiro atoms. The lowest BCUT2D eigenvalue weighted by atomic mass is 10.1. The van der Waals surface area contributed by atoms with E-state index in [-0.39, 0.29) is 0 Å². The highest BCUT2D eigenvalue weighted by molar-refractivity contribution is 5.92. The Morgan fingerprint density at radius 2 is 1.76 bits per heavy atom. The Bertz CT molecular complexity index is 936. The average molecular weight is 275 g/mol. The van der Waals surface area contributed by atoms with Crippen molar-refractivity contribution in [2.45, 2.75) is 6.92 Å². The number of aromatic nitrogens is 2. The van der Waals surface area contributed by atoms with E-state index in [1.54, 1.807) is 0 Å². The van der Waals surface area contributed by atoms with Crippen molar-refractivity contribution in [1.82, 2.24) is 4.98 Å². The predicted molar refractivity (Wildman–Crippen MR) is 82.9 cm³/mol. The van der Waals surface area contributed by atoms with Gasteiger partial charge in [-0.2, -0.15) is 4.57 Å². The van der Waals surface area contributed by atoms with Crippen LogP contribution in [0.4, 0.5) is 0 Å². The van der Waals surface area contributed by atoms with E-state index < -0.39 is 0 Å². The molecule has 21 heavy (non-hydrogen) atoms. The molecule has 0 amide bonds. The van der Waals surface area contributed by atoms with Crippen molar-refractivity contribution in [2.75, 3.05) is 0 Å². The fraction of sp³-hybridized carbons (Fsp3) is 0.111. The van der Waals surface area contributed by atoms with Crippen LogP contribution in [0.25, 0.3) is 33.5 Å². The summed E-state index contributed by atoms with van der Waals surface area (Å²) in [7, 11) is 2.08. The van der Waals surface area contributed by atoms with Crippen LogP contribution in [0.5, 0.6) is 0 Å². The molecule has 0 saturated carbocycles. The zero-order valence-electron chi connectivity index (χ0n) is 12.0. The minimum absolute atomic E-state index is 0.677. The van der Waals surface area contributed by atoms with E-state index in [1.807, 2.05) is 30.3 Å². The van der Waals surface area contributed by atoms with Crippen molar-refractivity contribution < 1.29 is 8.98 Å². The lowest BCUT2D eigenvalue weighted by Crippen LogP contribution is -2.32. The third kappa shape index (κ3) is 1.82. The molecule has 4 aromatic rings. The van der Waals surface area contributed by atoms with Crippen LogP contribution in [-0.4, -0.2) is 4.98 Å².